The Morgan fingerprint density at radius 1 is 1.11 bits per heavy atom. The molecule has 0 spiro atoms. The summed E-state index contributed by atoms with van der Waals surface area (Å²) in [5, 5.41) is 7.39. The zero-order valence-electron chi connectivity index (χ0n) is 16.5. The molecule has 140 valence electrons. The molecule has 1 fully saturated rings. The first-order valence-electron chi connectivity index (χ1n) is 9.80. The average Bonchev–Trinajstić information content (AvgIpc) is 3.46. The second-order valence-corrected chi connectivity index (χ2v) is 8.76. The molecule has 3 heterocycles. The lowest BCUT2D eigenvalue weighted by Crippen LogP contribution is -2.39. The van der Waals surface area contributed by atoms with Gasteiger partial charge in [-0.1, -0.05) is 24.3 Å². The summed E-state index contributed by atoms with van der Waals surface area (Å²) in [5.74, 6) is 0.899. The second kappa shape index (κ2) is 4.95. The first kappa shape index (κ1) is 16.1. The van der Waals surface area contributed by atoms with E-state index in [1.165, 1.54) is 0 Å². The van der Waals surface area contributed by atoms with Crippen LogP contribution in [-0.4, -0.2) is 16.2 Å². The molecule has 1 N–H and O–H groups in total. The molecule has 0 saturated carbocycles. The first-order chi connectivity index (χ1) is 13.4. The lowest BCUT2D eigenvalue weighted by molar-refractivity contribution is 0.0953. The Kier molecular flexibility index (Phi) is 2.85. The summed E-state index contributed by atoms with van der Waals surface area (Å²) >= 11 is 0. The molecular weight excluding hydrogens is 348 g/mol. The molecule has 0 amide bonds. The number of benzene rings is 3. The smallest absolute Gasteiger partial charge is 0.197 e. The van der Waals surface area contributed by atoms with Gasteiger partial charge in [-0.25, -0.2) is 0 Å². The fourth-order valence-electron chi connectivity index (χ4n) is 5.08. The molecule has 3 aromatic carbocycles. The maximum absolute atomic E-state index is 13.6. The van der Waals surface area contributed by atoms with Crippen molar-refractivity contribution in [3.63, 3.8) is 0 Å². The van der Waals surface area contributed by atoms with E-state index in [1.54, 1.807) is 0 Å². The Morgan fingerprint density at radius 3 is 2.57 bits per heavy atom. The largest absolute Gasteiger partial charge is 0.486 e. The Labute approximate surface area is 162 Å². The summed E-state index contributed by atoms with van der Waals surface area (Å²) < 4.78 is 8.55. The van der Waals surface area contributed by atoms with Gasteiger partial charge < -0.3 is 14.6 Å². The maximum Gasteiger partial charge on any atom is 0.197 e. The maximum atomic E-state index is 13.6. The van der Waals surface area contributed by atoms with E-state index in [0.717, 1.165) is 49.5 Å². The van der Waals surface area contributed by atoms with Crippen LogP contribution in [-0.2, 0) is 7.05 Å². The summed E-state index contributed by atoms with van der Waals surface area (Å²) in [7, 11) is 2.07. The minimum absolute atomic E-state index is 0.108. The van der Waals surface area contributed by atoms with E-state index >= 15 is 0 Å². The van der Waals surface area contributed by atoms with Crippen LogP contribution in [0.2, 0.25) is 0 Å². The zero-order valence-corrected chi connectivity index (χ0v) is 16.5. The highest BCUT2D eigenvalue weighted by Gasteiger charge is 2.55. The third kappa shape index (κ3) is 1.91. The number of rotatable bonds is 0. The van der Waals surface area contributed by atoms with Gasteiger partial charge in [0.1, 0.15) is 11.4 Å². The quantitative estimate of drug-likeness (QED) is 0.370. The van der Waals surface area contributed by atoms with Crippen molar-refractivity contribution in [3.8, 4) is 5.75 Å². The number of nitrogens with one attached hydrogen (secondary N) is 1. The van der Waals surface area contributed by atoms with Gasteiger partial charge in [0, 0.05) is 23.4 Å². The Morgan fingerprint density at radius 2 is 1.82 bits per heavy atom. The summed E-state index contributed by atoms with van der Waals surface area (Å²) in [6.07, 6.45) is 0. The van der Waals surface area contributed by atoms with Crippen molar-refractivity contribution < 1.29 is 4.74 Å². The SMILES string of the molecule is Cc1cc2c(c3c1c(=O)c1cc4ccccc4cc1n3C)C1NC1C(C)(C)O2. The molecule has 6 rings (SSSR count). The van der Waals surface area contributed by atoms with Crippen LogP contribution in [0, 0.1) is 6.92 Å². The third-order valence-electron chi connectivity index (χ3n) is 6.55. The van der Waals surface area contributed by atoms with Crippen molar-refractivity contribution in [2.45, 2.75) is 38.5 Å². The predicted octanol–water partition coefficient (Wildman–Crippen LogP) is 4.34. The fourth-order valence-corrected chi connectivity index (χ4v) is 5.08. The number of aromatic nitrogens is 1. The van der Waals surface area contributed by atoms with Crippen LogP contribution in [0.4, 0.5) is 0 Å². The van der Waals surface area contributed by atoms with Crippen molar-refractivity contribution in [2.24, 2.45) is 7.05 Å². The minimum Gasteiger partial charge on any atom is -0.486 e. The van der Waals surface area contributed by atoms with E-state index in [1.807, 2.05) is 31.2 Å². The van der Waals surface area contributed by atoms with Crippen LogP contribution in [0.3, 0.4) is 0 Å². The average molecular weight is 370 g/mol. The van der Waals surface area contributed by atoms with E-state index in [2.05, 4.69) is 49.0 Å². The molecule has 2 atom stereocenters. The number of ether oxygens (including phenoxy) is 1. The molecule has 4 nitrogen and oxygen atoms in total. The Hall–Kier alpha value is -2.85. The van der Waals surface area contributed by atoms with Gasteiger partial charge in [0.05, 0.1) is 23.1 Å². The predicted molar refractivity (Wildman–Crippen MR) is 113 cm³/mol. The highest BCUT2D eigenvalue weighted by atomic mass is 16.5. The van der Waals surface area contributed by atoms with Crippen molar-refractivity contribution in [1.82, 2.24) is 9.88 Å². The number of hydrogen-bond acceptors (Lipinski definition) is 3. The van der Waals surface area contributed by atoms with E-state index in [-0.39, 0.29) is 23.1 Å². The van der Waals surface area contributed by atoms with E-state index in [4.69, 9.17) is 4.74 Å². The van der Waals surface area contributed by atoms with E-state index in [9.17, 15) is 4.79 Å². The summed E-state index contributed by atoms with van der Waals surface area (Å²) in [5.41, 5.74) is 3.92. The molecule has 0 radical (unpaired) electrons. The van der Waals surface area contributed by atoms with Crippen molar-refractivity contribution in [2.75, 3.05) is 0 Å². The van der Waals surface area contributed by atoms with E-state index < -0.39 is 0 Å². The van der Waals surface area contributed by atoms with Crippen molar-refractivity contribution >= 4 is 32.6 Å². The van der Waals surface area contributed by atoms with Crippen molar-refractivity contribution in [1.29, 1.82) is 0 Å². The van der Waals surface area contributed by atoms with Crippen LogP contribution in [0.25, 0.3) is 32.6 Å². The number of hydrogen-bond donors (Lipinski definition) is 1. The minimum atomic E-state index is -0.246. The van der Waals surface area contributed by atoms with Crippen LogP contribution in [0.15, 0.2) is 47.3 Å². The molecule has 4 heteroatoms. The molecular formula is C24H22N2O2. The lowest BCUT2D eigenvalue weighted by atomic mass is 9.90. The Balaban J connectivity index is 1.82. The van der Waals surface area contributed by atoms with Gasteiger partial charge in [0.15, 0.2) is 5.43 Å². The highest BCUT2D eigenvalue weighted by molar-refractivity contribution is 6.03. The van der Waals surface area contributed by atoms with E-state index in [0.29, 0.717) is 0 Å². The summed E-state index contributed by atoms with van der Waals surface area (Å²) in [6, 6.07) is 14.9. The van der Waals surface area contributed by atoms with Gasteiger partial charge in [-0.05, 0) is 55.3 Å². The summed E-state index contributed by atoms with van der Waals surface area (Å²) in [6.45, 7) is 6.26. The van der Waals surface area contributed by atoms with Crippen LogP contribution < -0.4 is 15.5 Å². The number of pyridine rings is 1. The van der Waals surface area contributed by atoms with Gasteiger partial charge in [0.2, 0.25) is 0 Å². The van der Waals surface area contributed by atoms with Gasteiger partial charge >= 0.3 is 0 Å². The topological polar surface area (TPSA) is 53.2 Å². The zero-order chi connectivity index (χ0) is 19.4. The molecule has 2 unspecified atom stereocenters. The number of nitrogens with zero attached hydrogens (tertiary/aromatic N) is 1. The highest BCUT2D eigenvalue weighted by Crippen LogP contribution is 2.51. The fraction of sp³-hybridized carbons (Fsp3) is 0.292. The third-order valence-corrected chi connectivity index (χ3v) is 6.55. The molecule has 28 heavy (non-hydrogen) atoms. The number of aryl methyl sites for hydroxylation is 2. The summed E-state index contributed by atoms with van der Waals surface area (Å²) in [4.78, 5) is 13.6. The second-order valence-electron chi connectivity index (χ2n) is 8.76. The molecule has 2 aliphatic heterocycles. The lowest BCUT2D eigenvalue weighted by Gasteiger charge is -2.32. The molecule has 1 saturated heterocycles. The normalized spacial score (nSPS) is 22.1. The first-order valence-corrected chi connectivity index (χ1v) is 9.80. The monoisotopic (exact) mass is 370 g/mol. The van der Waals surface area contributed by atoms with Crippen molar-refractivity contribution in [3.05, 3.63) is 63.8 Å². The molecule has 2 aliphatic rings. The molecule has 0 bridgehead atoms. The number of fused-ring (bicyclic) bond motifs is 7. The molecule has 4 aromatic rings. The molecule has 1 aromatic heterocycles. The van der Waals surface area contributed by atoms with Gasteiger partial charge in [-0.3, -0.25) is 4.79 Å². The van der Waals surface area contributed by atoms with Crippen LogP contribution in [0.5, 0.6) is 5.75 Å². The standard InChI is InChI=1S/C24H22N2O2/c1-12-9-17-19(20-23(25-20)24(2,3)28-17)21-18(12)22(27)15-10-13-7-5-6-8-14(13)11-16(15)26(21)4/h5-11,20,23,25H,1-4H3. The van der Waals surface area contributed by atoms with Gasteiger partial charge in [-0.2, -0.15) is 0 Å². The molecule has 0 aliphatic carbocycles. The Bertz CT molecular complexity index is 1400. The van der Waals surface area contributed by atoms with Gasteiger partial charge in [-0.15, -0.1) is 0 Å². The van der Waals surface area contributed by atoms with Crippen LogP contribution >= 0.6 is 0 Å². The van der Waals surface area contributed by atoms with Crippen LogP contribution in [0.1, 0.15) is 31.0 Å². The van der Waals surface area contributed by atoms with Gasteiger partial charge in [0.25, 0.3) is 0 Å².